The first-order valence-corrected chi connectivity index (χ1v) is 9.39. The average molecular weight is 351 g/mol. The van der Waals surface area contributed by atoms with Gasteiger partial charge in [-0.3, -0.25) is 4.79 Å². The first-order chi connectivity index (χ1) is 12.7. The number of aromatic nitrogens is 4. The molecule has 1 aliphatic rings. The van der Waals surface area contributed by atoms with Gasteiger partial charge in [0.1, 0.15) is 17.3 Å². The fraction of sp³-hybridized carbons (Fsp3) is 0.450. The summed E-state index contributed by atoms with van der Waals surface area (Å²) in [6.45, 7) is 2.18. The molecule has 0 bridgehead atoms. The van der Waals surface area contributed by atoms with Crippen molar-refractivity contribution < 1.29 is 4.79 Å². The first kappa shape index (κ1) is 17.0. The minimum Gasteiger partial charge on any atom is -0.342 e. The number of nitrogens with zero attached hydrogens (tertiary/aromatic N) is 3. The standard InChI is InChI=1S/C20H25N5O/c1-25-11-9-14(10-12-25)20-21-13-17(24-20)18(26)7-4-8-19-22-15-5-2-3-6-16(15)23-19/h2-3,5-6,13-14H,4,7-12H2,1H3,(H,21,24)(H,22,23). The Bertz CT molecular complexity index is 855. The van der Waals surface area contributed by atoms with Crippen LogP contribution in [0.15, 0.2) is 30.5 Å². The number of para-hydroxylation sites is 2. The molecule has 0 unspecified atom stereocenters. The number of fused-ring (bicyclic) bond motifs is 1. The highest BCUT2D eigenvalue weighted by Gasteiger charge is 2.21. The third-order valence-electron chi connectivity index (χ3n) is 5.26. The molecule has 6 nitrogen and oxygen atoms in total. The van der Waals surface area contributed by atoms with Gasteiger partial charge >= 0.3 is 0 Å². The van der Waals surface area contributed by atoms with Crippen molar-refractivity contribution in [1.29, 1.82) is 0 Å². The highest BCUT2D eigenvalue weighted by molar-refractivity contribution is 5.94. The summed E-state index contributed by atoms with van der Waals surface area (Å²) in [5.74, 6) is 2.49. The zero-order valence-corrected chi connectivity index (χ0v) is 15.2. The molecule has 1 saturated heterocycles. The van der Waals surface area contributed by atoms with Gasteiger partial charge in [0.05, 0.1) is 17.2 Å². The van der Waals surface area contributed by atoms with Crippen LogP contribution < -0.4 is 0 Å². The van der Waals surface area contributed by atoms with Crippen molar-refractivity contribution in [1.82, 2.24) is 24.8 Å². The smallest absolute Gasteiger partial charge is 0.180 e. The second-order valence-corrected chi connectivity index (χ2v) is 7.24. The highest BCUT2D eigenvalue weighted by Crippen LogP contribution is 2.25. The Morgan fingerprint density at radius 1 is 1.23 bits per heavy atom. The van der Waals surface area contributed by atoms with Crippen LogP contribution in [0.2, 0.25) is 0 Å². The Hall–Kier alpha value is -2.47. The van der Waals surface area contributed by atoms with Gasteiger partial charge in [-0.25, -0.2) is 9.97 Å². The number of H-pyrrole nitrogens is 2. The van der Waals surface area contributed by atoms with Crippen LogP contribution in [-0.2, 0) is 6.42 Å². The van der Waals surface area contributed by atoms with Gasteiger partial charge in [0.25, 0.3) is 0 Å². The molecule has 136 valence electrons. The van der Waals surface area contributed by atoms with Crippen molar-refractivity contribution in [3.63, 3.8) is 0 Å². The van der Waals surface area contributed by atoms with E-state index < -0.39 is 0 Å². The summed E-state index contributed by atoms with van der Waals surface area (Å²) in [7, 11) is 2.15. The molecule has 0 atom stereocenters. The van der Waals surface area contributed by atoms with Gasteiger partial charge < -0.3 is 14.9 Å². The minimum absolute atomic E-state index is 0.132. The second-order valence-electron chi connectivity index (χ2n) is 7.24. The number of hydrogen-bond donors (Lipinski definition) is 2. The molecule has 0 radical (unpaired) electrons. The van der Waals surface area contributed by atoms with E-state index in [1.165, 1.54) is 0 Å². The zero-order chi connectivity index (χ0) is 17.9. The van der Waals surface area contributed by atoms with E-state index >= 15 is 0 Å². The highest BCUT2D eigenvalue weighted by atomic mass is 16.1. The lowest BCUT2D eigenvalue weighted by molar-refractivity contribution is 0.0975. The molecule has 0 spiro atoms. The van der Waals surface area contributed by atoms with E-state index in [0.29, 0.717) is 18.0 Å². The molecule has 2 aromatic heterocycles. The second kappa shape index (κ2) is 7.41. The molecule has 1 fully saturated rings. The number of rotatable bonds is 6. The van der Waals surface area contributed by atoms with Gasteiger partial charge in [0, 0.05) is 18.8 Å². The predicted molar refractivity (Wildman–Crippen MR) is 101 cm³/mol. The van der Waals surface area contributed by atoms with E-state index in [2.05, 4.69) is 31.9 Å². The number of carbonyl (C=O) groups excluding carboxylic acids is 1. The summed E-state index contributed by atoms with van der Waals surface area (Å²) in [5.41, 5.74) is 2.67. The number of imidazole rings is 2. The maximum Gasteiger partial charge on any atom is 0.180 e. The zero-order valence-electron chi connectivity index (χ0n) is 15.2. The largest absolute Gasteiger partial charge is 0.342 e. The monoisotopic (exact) mass is 351 g/mol. The van der Waals surface area contributed by atoms with E-state index in [9.17, 15) is 4.79 Å². The minimum atomic E-state index is 0.132. The molecule has 2 N–H and O–H groups in total. The van der Waals surface area contributed by atoms with Gasteiger partial charge in [-0.15, -0.1) is 0 Å². The maximum absolute atomic E-state index is 12.4. The molecule has 4 rings (SSSR count). The van der Waals surface area contributed by atoms with Crippen molar-refractivity contribution in [2.45, 2.75) is 38.0 Å². The van der Waals surface area contributed by atoms with Crippen LogP contribution in [0.1, 0.15) is 53.7 Å². The Balaban J connectivity index is 1.31. The number of Topliss-reactive ketones (excluding diaryl/α,β-unsaturated/α-hetero) is 1. The fourth-order valence-corrected chi connectivity index (χ4v) is 3.64. The number of hydrogen-bond acceptors (Lipinski definition) is 4. The van der Waals surface area contributed by atoms with Crippen molar-refractivity contribution in [3.05, 3.63) is 47.8 Å². The van der Waals surface area contributed by atoms with Crippen molar-refractivity contribution in [2.75, 3.05) is 20.1 Å². The van der Waals surface area contributed by atoms with Crippen molar-refractivity contribution in [3.8, 4) is 0 Å². The Labute approximate surface area is 153 Å². The summed E-state index contributed by atoms with van der Waals surface area (Å²) in [4.78, 5) is 30.4. The fourth-order valence-electron chi connectivity index (χ4n) is 3.64. The third-order valence-corrected chi connectivity index (χ3v) is 5.26. The number of aryl methyl sites for hydroxylation is 1. The quantitative estimate of drug-likeness (QED) is 0.668. The molecule has 0 saturated carbocycles. The topological polar surface area (TPSA) is 77.7 Å². The maximum atomic E-state index is 12.4. The number of ketones is 1. The summed E-state index contributed by atoms with van der Waals surface area (Å²) in [5, 5.41) is 0. The van der Waals surface area contributed by atoms with E-state index in [4.69, 9.17) is 0 Å². The molecule has 1 aliphatic heterocycles. The molecule has 3 aromatic rings. The molecule has 0 amide bonds. The number of nitrogens with one attached hydrogen (secondary N) is 2. The summed E-state index contributed by atoms with van der Waals surface area (Å²) < 4.78 is 0. The van der Waals surface area contributed by atoms with Crippen LogP contribution in [0.3, 0.4) is 0 Å². The lowest BCUT2D eigenvalue weighted by atomic mass is 9.96. The van der Waals surface area contributed by atoms with Gasteiger partial charge in [-0.2, -0.15) is 0 Å². The lowest BCUT2D eigenvalue weighted by Gasteiger charge is -2.27. The SMILES string of the molecule is CN1CCC(c2ncc(C(=O)CCCc3nc4ccccc4[nH]3)[nH]2)CC1. The van der Waals surface area contributed by atoms with E-state index in [1.54, 1.807) is 6.20 Å². The van der Waals surface area contributed by atoms with E-state index in [-0.39, 0.29) is 5.78 Å². The van der Waals surface area contributed by atoms with Crippen LogP contribution in [0.25, 0.3) is 11.0 Å². The van der Waals surface area contributed by atoms with Crippen LogP contribution in [0, 0.1) is 0 Å². The molecule has 1 aromatic carbocycles. The van der Waals surface area contributed by atoms with Crippen LogP contribution in [0.4, 0.5) is 0 Å². The van der Waals surface area contributed by atoms with Gasteiger partial charge in [0.15, 0.2) is 5.78 Å². The number of benzene rings is 1. The number of piperidine rings is 1. The lowest BCUT2D eigenvalue weighted by Crippen LogP contribution is -2.29. The normalized spacial score (nSPS) is 16.3. The Morgan fingerprint density at radius 3 is 2.85 bits per heavy atom. The molecule has 3 heterocycles. The Morgan fingerprint density at radius 2 is 2.04 bits per heavy atom. The first-order valence-electron chi connectivity index (χ1n) is 9.39. The molecular weight excluding hydrogens is 326 g/mol. The van der Waals surface area contributed by atoms with Crippen LogP contribution in [0.5, 0.6) is 0 Å². The van der Waals surface area contributed by atoms with Gasteiger partial charge in [0.2, 0.25) is 0 Å². The number of carbonyl (C=O) groups is 1. The van der Waals surface area contributed by atoms with Gasteiger partial charge in [-0.05, 0) is 51.5 Å². The van der Waals surface area contributed by atoms with Crippen LogP contribution in [-0.4, -0.2) is 50.8 Å². The molecular formula is C20H25N5O. The third kappa shape index (κ3) is 3.70. The number of aromatic amines is 2. The summed E-state index contributed by atoms with van der Waals surface area (Å²) in [6, 6.07) is 7.99. The predicted octanol–water partition coefficient (Wildman–Crippen LogP) is 3.30. The molecule has 6 heteroatoms. The van der Waals surface area contributed by atoms with E-state index in [0.717, 1.165) is 61.5 Å². The van der Waals surface area contributed by atoms with E-state index in [1.807, 2.05) is 24.3 Å². The van der Waals surface area contributed by atoms with Crippen LogP contribution >= 0.6 is 0 Å². The number of likely N-dealkylation sites (tertiary alicyclic amines) is 1. The average Bonchev–Trinajstić information content (AvgIpc) is 3.29. The van der Waals surface area contributed by atoms with Gasteiger partial charge in [-0.1, -0.05) is 12.1 Å². The Kier molecular flexibility index (Phi) is 4.84. The van der Waals surface area contributed by atoms with Crippen molar-refractivity contribution >= 4 is 16.8 Å². The molecule has 26 heavy (non-hydrogen) atoms. The van der Waals surface area contributed by atoms with Crippen molar-refractivity contribution in [2.24, 2.45) is 0 Å². The summed E-state index contributed by atoms with van der Waals surface area (Å²) in [6.07, 6.45) is 5.97. The summed E-state index contributed by atoms with van der Waals surface area (Å²) >= 11 is 0. The molecule has 0 aliphatic carbocycles.